The summed E-state index contributed by atoms with van der Waals surface area (Å²) in [6.07, 6.45) is 0.880. The average molecular weight is 421 g/mol. The van der Waals surface area contributed by atoms with Crippen LogP contribution in [0.1, 0.15) is 31.0 Å². The van der Waals surface area contributed by atoms with Crippen LogP contribution >= 0.6 is 0 Å². The van der Waals surface area contributed by atoms with E-state index in [1.165, 1.54) is 0 Å². The lowest BCUT2D eigenvalue weighted by Gasteiger charge is -2.19. The normalized spacial score (nSPS) is 13.6. The van der Waals surface area contributed by atoms with E-state index in [1.807, 2.05) is 36.1 Å². The fourth-order valence-electron chi connectivity index (χ4n) is 3.26. The summed E-state index contributed by atoms with van der Waals surface area (Å²) in [6.45, 7) is 4.63. The molecule has 160 valence electrons. The van der Waals surface area contributed by atoms with Crippen molar-refractivity contribution in [1.82, 2.24) is 15.3 Å². The van der Waals surface area contributed by atoms with E-state index in [1.54, 1.807) is 13.1 Å². The van der Waals surface area contributed by atoms with Crippen LogP contribution < -0.4 is 20.9 Å². The molecule has 31 heavy (non-hydrogen) atoms. The molecule has 0 unspecified atom stereocenters. The van der Waals surface area contributed by atoms with Crippen LogP contribution in [0.4, 0.5) is 22.1 Å². The first-order valence-electron chi connectivity index (χ1n) is 9.83. The quantitative estimate of drug-likeness (QED) is 0.395. The first-order chi connectivity index (χ1) is 14.9. The number of benzene rings is 1. The Balaban J connectivity index is 1.84. The number of para-hydroxylation sites is 2. The van der Waals surface area contributed by atoms with Gasteiger partial charge in [-0.15, -0.1) is 0 Å². The van der Waals surface area contributed by atoms with Gasteiger partial charge in [0.2, 0.25) is 11.9 Å². The predicted molar refractivity (Wildman–Crippen MR) is 116 cm³/mol. The lowest BCUT2D eigenvalue weighted by molar-refractivity contribution is -0.116. The molecule has 1 aromatic carbocycles. The van der Waals surface area contributed by atoms with Gasteiger partial charge in [-0.3, -0.25) is 10.1 Å². The molecular formula is C21H23N7O3. The van der Waals surface area contributed by atoms with Crippen LogP contribution in [-0.4, -0.2) is 40.2 Å². The summed E-state index contributed by atoms with van der Waals surface area (Å²) in [7, 11) is 0. The van der Waals surface area contributed by atoms with E-state index in [9.17, 15) is 14.9 Å². The molecule has 0 spiro atoms. The van der Waals surface area contributed by atoms with Gasteiger partial charge in [-0.05, 0) is 38.0 Å². The second-order valence-electron chi connectivity index (χ2n) is 6.83. The molecule has 0 fully saturated rings. The largest absolute Gasteiger partial charge is 0.465 e. The lowest BCUT2D eigenvalue weighted by atomic mass is 10.1. The molecule has 1 aliphatic heterocycles. The number of hydrogen-bond acceptors (Lipinski definition) is 7. The molecule has 10 heteroatoms. The molecule has 1 aliphatic rings. The maximum atomic E-state index is 12.1. The minimum Gasteiger partial charge on any atom is -0.465 e. The first-order valence-corrected chi connectivity index (χ1v) is 9.83. The van der Waals surface area contributed by atoms with Gasteiger partial charge in [-0.2, -0.15) is 5.26 Å². The van der Waals surface area contributed by atoms with Gasteiger partial charge in [-0.1, -0.05) is 12.1 Å². The Morgan fingerprint density at radius 1 is 1.32 bits per heavy atom. The molecular weight excluding hydrogens is 398 g/mol. The van der Waals surface area contributed by atoms with Crippen molar-refractivity contribution >= 4 is 34.9 Å². The smallest absolute Gasteiger partial charge is 0.404 e. The van der Waals surface area contributed by atoms with Gasteiger partial charge in [-0.25, -0.2) is 14.8 Å². The zero-order valence-electron chi connectivity index (χ0n) is 17.3. The van der Waals surface area contributed by atoms with Gasteiger partial charge in [0.25, 0.3) is 0 Å². The van der Waals surface area contributed by atoms with Gasteiger partial charge < -0.3 is 20.6 Å². The zero-order chi connectivity index (χ0) is 22.4. The predicted octanol–water partition coefficient (Wildman–Crippen LogP) is 2.92. The molecule has 1 aromatic heterocycles. The summed E-state index contributed by atoms with van der Waals surface area (Å²) in [5, 5.41) is 26.6. The van der Waals surface area contributed by atoms with E-state index in [0.717, 1.165) is 11.4 Å². The van der Waals surface area contributed by atoms with Crippen molar-refractivity contribution in [3.8, 4) is 6.07 Å². The summed E-state index contributed by atoms with van der Waals surface area (Å²) < 4.78 is 0. The number of carboxylic acid groups (broad SMARTS) is 1. The monoisotopic (exact) mass is 421 g/mol. The molecule has 0 saturated carbocycles. The van der Waals surface area contributed by atoms with Crippen molar-refractivity contribution in [2.45, 2.75) is 26.7 Å². The number of rotatable bonds is 7. The fraction of sp³-hybridized carbons (Fsp3) is 0.286. The van der Waals surface area contributed by atoms with Crippen molar-refractivity contribution in [2.24, 2.45) is 0 Å². The SMILES string of the molecule is CCN1C(=C(C#N)c2nc(NC(=O)CCCNC(=O)O)ncc2C)Nc2ccccc21. The maximum absolute atomic E-state index is 12.1. The number of anilines is 3. The summed E-state index contributed by atoms with van der Waals surface area (Å²) in [6, 6.07) is 10.0. The third-order valence-electron chi connectivity index (χ3n) is 4.70. The number of hydrogen-bond donors (Lipinski definition) is 4. The number of fused-ring (bicyclic) bond motifs is 1. The number of nitrogens with one attached hydrogen (secondary N) is 3. The fourth-order valence-corrected chi connectivity index (χ4v) is 3.26. The van der Waals surface area contributed by atoms with E-state index in [0.29, 0.717) is 35.6 Å². The minimum absolute atomic E-state index is 0.0868. The van der Waals surface area contributed by atoms with Crippen LogP contribution in [0.15, 0.2) is 36.3 Å². The molecule has 2 aromatic rings. The van der Waals surface area contributed by atoms with Gasteiger partial charge >= 0.3 is 6.09 Å². The highest BCUT2D eigenvalue weighted by atomic mass is 16.4. The van der Waals surface area contributed by atoms with Crippen molar-refractivity contribution in [2.75, 3.05) is 28.6 Å². The number of aryl methyl sites for hydroxylation is 1. The average Bonchev–Trinajstić information content (AvgIpc) is 3.12. The van der Waals surface area contributed by atoms with E-state index in [4.69, 9.17) is 5.11 Å². The van der Waals surface area contributed by atoms with Crippen molar-refractivity contribution < 1.29 is 14.7 Å². The molecule has 4 N–H and O–H groups in total. The Bertz CT molecular complexity index is 1070. The number of nitrogens with zero attached hydrogens (tertiary/aromatic N) is 4. The summed E-state index contributed by atoms with van der Waals surface area (Å²) in [4.78, 5) is 33.1. The summed E-state index contributed by atoms with van der Waals surface area (Å²) in [5.74, 6) is 0.378. The number of carbonyl (C=O) groups is 2. The zero-order valence-corrected chi connectivity index (χ0v) is 17.3. The number of carbonyl (C=O) groups excluding carboxylic acids is 1. The van der Waals surface area contributed by atoms with Crippen molar-refractivity contribution in [1.29, 1.82) is 5.26 Å². The molecule has 2 heterocycles. The molecule has 10 nitrogen and oxygen atoms in total. The van der Waals surface area contributed by atoms with Crippen molar-refractivity contribution in [3.05, 3.63) is 47.5 Å². The Morgan fingerprint density at radius 2 is 2.10 bits per heavy atom. The second kappa shape index (κ2) is 9.58. The molecule has 3 rings (SSSR count). The lowest BCUT2D eigenvalue weighted by Crippen LogP contribution is -2.23. The first kappa shape index (κ1) is 21.6. The molecule has 0 radical (unpaired) electrons. The van der Waals surface area contributed by atoms with Crippen LogP contribution in [0.3, 0.4) is 0 Å². The van der Waals surface area contributed by atoms with Crippen LogP contribution in [0.25, 0.3) is 5.57 Å². The van der Waals surface area contributed by atoms with Gasteiger partial charge in [0.1, 0.15) is 17.5 Å². The number of amides is 2. The highest BCUT2D eigenvalue weighted by Gasteiger charge is 2.27. The van der Waals surface area contributed by atoms with Gasteiger partial charge in [0, 0.05) is 25.7 Å². The third kappa shape index (κ3) is 4.90. The Kier molecular flexibility index (Phi) is 6.67. The number of nitriles is 1. The van der Waals surface area contributed by atoms with Gasteiger partial charge in [0.15, 0.2) is 0 Å². The maximum Gasteiger partial charge on any atom is 0.404 e. The van der Waals surface area contributed by atoms with E-state index in [-0.39, 0.29) is 24.8 Å². The summed E-state index contributed by atoms with van der Waals surface area (Å²) in [5.41, 5.74) is 3.35. The van der Waals surface area contributed by atoms with E-state index < -0.39 is 6.09 Å². The molecule has 0 saturated heterocycles. The van der Waals surface area contributed by atoms with Crippen LogP contribution in [-0.2, 0) is 4.79 Å². The Morgan fingerprint density at radius 3 is 2.81 bits per heavy atom. The van der Waals surface area contributed by atoms with Crippen molar-refractivity contribution in [3.63, 3.8) is 0 Å². The Hall–Kier alpha value is -4.13. The van der Waals surface area contributed by atoms with E-state index in [2.05, 4.69) is 32.0 Å². The standard InChI is InChI=1S/C21H23N7O3/c1-3-28-16-8-5-4-7-15(16)25-19(28)14(11-22)18-13(2)12-24-20(27-18)26-17(29)9-6-10-23-21(30)31/h4-5,7-8,12,23,25H,3,6,9-10H2,1-2H3,(H,30,31)(H,24,26,27,29). The highest BCUT2D eigenvalue weighted by molar-refractivity contribution is 5.92. The highest BCUT2D eigenvalue weighted by Crippen LogP contribution is 2.38. The number of allylic oxidation sites excluding steroid dienone is 1. The van der Waals surface area contributed by atoms with Crippen LogP contribution in [0, 0.1) is 18.3 Å². The minimum atomic E-state index is -1.13. The molecule has 0 bridgehead atoms. The van der Waals surface area contributed by atoms with E-state index >= 15 is 0 Å². The summed E-state index contributed by atoms with van der Waals surface area (Å²) >= 11 is 0. The third-order valence-corrected chi connectivity index (χ3v) is 4.70. The Labute approximate surface area is 179 Å². The molecule has 2 amide bonds. The topological polar surface area (TPSA) is 143 Å². The molecule has 0 atom stereocenters. The van der Waals surface area contributed by atoms with Crippen LogP contribution in [0.5, 0.6) is 0 Å². The second-order valence-corrected chi connectivity index (χ2v) is 6.83. The molecule has 0 aliphatic carbocycles. The number of aromatic nitrogens is 2. The van der Waals surface area contributed by atoms with Crippen LogP contribution in [0.2, 0.25) is 0 Å². The van der Waals surface area contributed by atoms with Gasteiger partial charge in [0.05, 0.1) is 17.1 Å².